The number of hydrogen-bond acceptors (Lipinski definition) is 4. The first kappa shape index (κ1) is 42.1. The lowest BCUT2D eigenvalue weighted by Crippen LogP contribution is -2.50. The Bertz CT molecular complexity index is 662. The van der Waals surface area contributed by atoms with Crippen LogP contribution in [0.3, 0.4) is 0 Å². The monoisotopic (exact) mass is 582 g/mol. The van der Waals surface area contributed by atoms with Gasteiger partial charge in [0.15, 0.2) is 0 Å². The predicted octanol–water partition coefficient (Wildman–Crippen LogP) is 10.9. The van der Waals surface area contributed by atoms with E-state index >= 15 is 0 Å². The lowest BCUT2D eigenvalue weighted by molar-refractivity contribution is -0.929. The molecule has 0 radical (unpaired) electrons. The quantitative estimate of drug-likeness (QED) is 0.0521. The summed E-state index contributed by atoms with van der Waals surface area (Å²) in [6.07, 6.45) is 32.1. The van der Waals surface area contributed by atoms with Crippen LogP contribution >= 0.6 is 0 Å². The van der Waals surface area contributed by atoms with Crippen LogP contribution in [-0.4, -0.2) is 36.8 Å². The Labute approximate surface area is 263 Å². The number of nitrogens with zero attached hydrogens (tertiary/aromatic N) is 5. The lowest BCUT2D eigenvalue weighted by atomic mass is 9.30. The van der Waals surface area contributed by atoms with Crippen LogP contribution < -0.4 is 0 Å². The molecule has 0 heterocycles. The van der Waals surface area contributed by atoms with Crippen LogP contribution in [0.5, 0.6) is 0 Å². The molecule has 0 aliphatic rings. The normalized spacial score (nSPS) is 11.0. The van der Waals surface area contributed by atoms with Gasteiger partial charge in [0, 0.05) is 0 Å². The second-order valence-electron chi connectivity index (χ2n) is 12.7. The molecular formula is C36H68BN5. The van der Waals surface area contributed by atoms with Crippen LogP contribution in [0.1, 0.15) is 182 Å². The molecule has 0 aliphatic carbocycles. The highest BCUT2D eigenvalue weighted by Gasteiger charge is 2.25. The second-order valence-corrected chi connectivity index (χ2v) is 12.7. The van der Waals surface area contributed by atoms with Crippen molar-refractivity contribution in [3.63, 3.8) is 0 Å². The van der Waals surface area contributed by atoms with E-state index in [2.05, 4.69) is 27.7 Å². The molecule has 0 saturated heterocycles. The SMILES string of the molecule is CCCCCCCCCCCCCC[N+](CCCCCC)(CCCCCC)CCCCCC.N#C[B-](C#N)(C#N)C#N. The van der Waals surface area contributed by atoms with Gasteiger partial charge in [-0.1, -0.05) is 130 Å². The maximum atomic E-state index is 8.09. The lowest BCUT2D eigenvalue weighted by Gasteiger charge is -2.39. The molecular weight excluding hydrogens is 513 g/mol. The standard InChI is InChI=1S/C32H68N.C4BN4/c1-5-9-13-17-18-19-20-21-22-23-24-28-32-33(29-25-14-10-6-2,30-26-15-11-7-3)31-27-16-12-8-4;6-1-5(2-7,3-8)4-9/h5-32H2,1-4H3;/q+1;-1. The fourth-order valence-electron chi connectivity index (χ4n) is 5.75. The Balaban J connectivity index is 0. The largest absolute Gasteiger partial charge is 0.383 e. The first-order chi connectivity index (χ1) is 20.5. The van der Waals surface area contributed by atoms with Crippen molar-refractivity contribution in [2.24, 2.45) is 0 Å². The molecule has 6 heteroatoms. The van der Waals surface area contributed by atoms with Gasteiger partial charge in [-0.2, -0.15) is 0 Å². The number of hydrogen-bond donors (Lipinski definition) is 0. The van der Waals surface area contributed by atoms with Crippen molar-refractivity contribution in [1.82, 2.24) is 0 Å². The van der Waals surface area contributed by atoms with Crippen LogP contribution in [0.25, 0.3) is 0 Å². The van der Waals surface area contributed by atoms with Crippen LogP contribution in [-0.2, 0) is 0 Å². The first-order valence-corrected chi connectivity index (χ1v) is 18.1. The van der Waals surface area contributed by atoms with Crippen LogP contribution in [0.4, 0.5) is 0 Å². The Kier molecular flexibility index (Phi) is 32.0. The van der Waals surface area contributed by atoms with E-state index in [4.69, 9.17) is 21.0 Å². The second kappa shape index (κ2) is 31.9. The average molecular weight is 582 g/mol. The van der Waals surface area contributed by atoms with E-state index in [0.29, 0.717) is 0 Å². The summed E-state index contributed by atoms with van der Waals surface area (Å²) in [5, 5.41) is 32.3. The molecule has 5 nitrogen and oxygen atoms in total. The van der Waals surface area contributed by atoms with Gasteiger partial charge in [0.1, 0.15) is 0 Å². The van der Waals surface area contributed by atoms with Crippen molar-refractivity contribution in [1.29, 1.82) is 21.0 Å². The molecule has 0 atom stereocenters. The molecule has 0 aliphatic heterocycles. The van der Waals surface area contributed by atoms with Gasteiger partial charge in [0.2, 0.25) is 0 Å². The van der Waals surface area contributed by atoms with Crippen molar-refractivity contribution in [2.45, 2.75) is 182 Å². The third-order valence-corrected chi connectivity index (χ3v) is 8.72. The highest BCUT2D eigenvalue weighted by atomic mass is 15.3. The van der Waals surface area contributed by atoms with Gasteiger partial charge in [-0.05, 0) is 51.4 Å². The van der Waals surface area contributed by atoms with Gasteiger partial charge in [-0.15, -0.1) is 23.9 Å². The van der Waals surface area contributed by atoms with Gasteiger partial charge >= 0.3 is 6.15 Å². The molecule has 0 spiro atoms. The van der Waals surface area contributed by atoms with Crippen molar-refractivity contribution >= 4 is 6.15 Å². The molecule has 0 bridgehead atoms. The third kappa shape index (κ3) is 24.6. The molecule has 0 amide bonds. The molecule has 42 heavy (non-hydrogen) atoms. The topological polar surface area (TPSA) is 95.2 Å². The minimum absolute atomic E-state index is 1.34. The van der Waals surface area contributed by atoms with Crippen molar-refractivity contribution < 1.29 is 4.48 Å². The highest BCUT2D eigenvalue weighted by molar-refractivity contribution is 7.05. The smallest absolute Gasteiger partial charge is 0.324 e. The van der Waals surface area contributed by atoms with E-state index in [-0.39, 0.29) is 0 Å². The average Bonchev–Trinajstić information content (AvgIpc) is 3.02. The summed E-state index contributed by atoms with van der Waals surface area (Å²) in [7, 11) is 0. The number of rotatable bonds is 28. The Morgan fingerprint density at radius 3 is 0.714 bits per heavy atom. The molecule has 240 valence electrons. The van der Waals surface area contributed by atoms with Gasteiger partial charge in [0.05, 0.1) is 26.2 Å². The number of quaternary nitrogens is 1. The molecule has 0 N–H and O–H groups in total. The van der Waals surface area contributed by atoms with Crippen molar-refractivity contribution in [3.8, 4) is 23.9 Å². The summed E-state index contributed by atoms with van der Waals surface area (Å²) in [5.41, 5.74) is 0. The minimum Gasteiger partial charge on any atom is -0.324 e. The van der Waals surface area contributed by atoms with E-state index in [9.17, 15) is 0 Å². The van der Waals surface area contributed by atoms with E-state index in [0.717, 1.165) is 0 Å². The zero-order valence-corrected chi connectivity index (χ0v) is 28.6. The molecule has 0 aromatic rings. The number of unbranched alkanes of at least 4 members (excludes halogenated alkanes) is 20. The van der Waals surface area contributed by atoms with Gasteiger partial charge in [-0.3, -0.25) is 0 Å². The summed E-state index contributed by atoms with van der Waals surface area (Å²) < 4.78 is 1.47. The Morgan fingerprint density at radius 1 is 0.333 bits per heavy atom. The van der Waals surface area contributed by atoms with Gasteiger partial charge in [0.25, 0.3) is 0 Å². The molecule has 0 aromatic carbocycles. The van der Waals surface area contributed by atoms with Crippen molar-refractivity contribution in [3.05, 3.63) is 0 Å². The Morgan fingerprint density at radius 2 is 0.524 bits per heavy atom. The van der Waals surface area contributed by atoms with E-state index in [1.807, 2.05) is 0 Å². The zero-order valence-electron chi connectivity index (χ0n) is 28.6. The first-order valence-electron chi connectivity index (χ1n) is 18.1. The molecule has 0 aromatic heterocycles. The summed E-state index contributed by atoms with van der Waals surface area (Å²) in [6.45, 7) is 15.2. The minimum atomic E-state index is -2.72. The van der Waals surface area contributed by atoms with Crippen LogP contribution in [0, 0.1) is 44.9 Å². The Hall–Kier alpha value is -2.02. The van der Waals surface area contributed by atoms with Gasteiger partial charge < -0.3 is 4.48 Å². The third-order valence-electron chi connectivity index (χ3n) is 8.72. The zero-order chi connectivity index (χ0) is 31.6. The van der Waals surface area contributed by atoms with Crippen LogP contribution in [0.15, 0.2) is 0 Å². The number of nitriles is 4. The maximum Gasteiger partial charge on any atom is 0.383 e. The van der Waals surface area contributed by atoms with E-state index in [1.54, 1.807) is 0 Å². The molecule has 0 rings (SSSR count). The van der Waals surface area contributed by atoms with E-state index in [1.165, 1.54) is 209 Å². The maximum absolute atomic E-state index is 8.09. The summed E-state index contributed by atoms with van der Waals surface area (Å²) in [5.74, 6) is 5.38. The molecule has 0 fully saturated rings. The van der Waals surface area contributed by atoms with Crippen molar-refractivity contribution in [2.75, 3.05) is 26.2 Å². The molecule has 0 saturated carbocycles. The predicted molar refractivity (Wildman–Crippen MR) is 181 cm³/mol. The van der Waals surface area contributed by atoms with Gasteiger partial charge in [-0.25, -0.2) is 21.0 Å². The van der Waals surface area contributed by atoms with Crippen LogP contribution in [0.2, 0.25) is 0 Å². The summed E-state index contributed by atoms with van der Waals surface area (Å²) in [4.78, 5) is 0. The fraction of sp³-hybridized carbons (Fsp3) is 0.889. The highest BCUT2D eigenvalue weighted by Crippen LogP contribution is 2.20. The fourth-order valence-corrected chi connectivity index (χ4v) is 5.75. The summed E-state index contributed by atoms with van der Waals surface area (Å²) >= 11 is 0. The molecule has 0 unspecified atom stereocenters. The summed E-state index contributed by atoms with van der Waals surface area (Å²) in [6, 6.07) is 0. The van der Waals surface area contributed by atoms with E-state index < -0.39 is 6.15 Å².